The van der Waals surface area contributed by atoms with Crippen molar-refractivity contribution in [3.05, 3.63) is 40.3 Å². The van der Waals surface area contributed by atoms with Gasteiger partial charge in [-0.3, -0.25) is 0 Å². The lowest BCUT2D eigenvalue weighted by Gasteiger charge is -2.08. The van der Waals surface area contributed by atoms with E-state index in [4.69, 9.17) is 0 Å². The van der Waals surface area contributed by atoms with Crippen LogP contribution in [0, 0.1) is 16.5 Å². The van der Waals surface area contributed by atoms with E-state index in [1.165, 1.54) is 0 Å². The second kappa shape index (κ2) is 4.59. The van der Waals surface area contributed by atoms with Crippen LogP contribution in [-0.4, -0.2) is 13.1 Å². The lowest BCUT2D eigenvalue weighted by atomic mass is 10.1. The molecule has 0 aliphatic heterocycles. The Morgan fingerprint density at radius 2 is 1.93 bits per heavy atom. The van der Waals surface area contributed by atoms with E-state index < -0.39 is 29.2 Å². The second-order valence-corrected chi connectivity index (χ2v) is 2.67. The van der Waals surface area contributed by atoms with Crippen molar-refractivity contribution in [1.29, 1.82) is 0 Å². The molecule has 1 unspecified atom stereocenters. The molecule has 0 fully saturated rings. The molecule has 0 heterocycles. The minimum Gasteiger partial charge on any atom is -0.467 e. The van der Waals surface area contributed by atoms with Crippen molar-refractivity contribution in [2.75, 3.05) is 7.11 Å². The summed E-state index contributed by atoms with van der Waals surface area (Å²) in [6.45, 7) is 0. The van der Waals surface area contributed by atoms with Gasteiger partial charge in [-0.25, -0.2) is 13.6 Å². The van der Waals surface area contributed by atoms with Gasteiger partial charge in [0.15, 0.2) is 0 Å². The van der Waals surface area contributed by atoms with Gasteiger partial charge in [0.25, 0.3) is 0 Å². The van der Waals surface area contributed by atoms with Crippen molar-refractivity contribution in [3.8, 4) is 0 Å². The molecule has 0 saturated heterocycles. The Hall–Kier alpha value is -1.85. The lowest BCUT2D eigenvalue weighted by molar-refractivity contribution is -0.142. The predicted octanol–water partition coefficient (Wildman–Crippen LogP) is 1.95. The number of nitrogens with zero attached hydrogens (tertiary/aromatic N) is 1. The van der Waals surface area contributed by atoms with Gasteiger partial charge >= 0.3 is 5.97 Å². The van der Waals surface area contributed by atoms with Crippen LogP contribution in [0.25, 0.3) is 0 Å². The zero-order chi connectivity index (χ0) is 11.4. The van der Waals surface area contributed by atoms with Crippen LogP contribution in [-0.2, 0) is 9.53 Å². The normalized spacial score (nSPS) is 11.9. The number of carbonyl (C=O) groups excluding carboxylic acids is 1. The highest BCUT2D eigenvalue weighted by Crippen LogP contribution is 2.24. The lowest BCUT2D eigenvalue weighted by Crippen LogP contribution is -2.14. The maximum absolute atomic E-state index is 13.1. The number of rotatable bonds is 3. The number of nitroso groups, excluding NO2 is 1. The molecule has 15 heavy (non-hydrogen) atoms. The van der Waals surface area contributed by atoms with Gasteiger partial charge in [0.05, 0.1) is 12.7 Å². The number of hydrogen-bond donors (Lipinski definition) is 0. The van der Waals surface area contributed by atoms with Gasteiger partial charge in [-0.1, -0.05) is 6.07 Å². The molecule has 0 spiro atoms. The minimum atomic E-state index is -1.81. The fourth-order valence-corrected chi connectivity index (χ4v) is 1.10. The van der Waals surface area contributed by atoms with Crippen molar-refractivity contribution >= 4 is 5.97 Å². The first-order chi connectivity index (χ1) is 7.11. The van der Waals surface area contributed by atoms with Crippen LogP contribution in [0.15, 0.2) is 23.4 Å². The number of ether oxygens (including phenoxy) is 1. The fraction of sp³-hybridized carbons (Fsp3) is 0.222. The SMILES string of the molecule is COC(=O)C(N=O)c1c(F)cccc1F. The van der Waals surface area contributed by atoms with Gasteiger partial charge in [0.2, 0.25) is 6.04 Å². The molecule has 0 aromatic heterocycles. The van der Waals surface area contributed by atoms with E-state index in [-0.39, 0.29) is 0 Å². The number of hydrogen-bond acceptors (Lipinski definition) is 4. The summed E-state index contributed by atoms with van der Waals surface area (Å²) < 4.78 is 30.5. The summed E-state index contributed by atoms with van der Waals surface area (Å²) in [6, 6.07) is 1.17. The fourth-order valence-electron chi connectivity index (χ4n) is 1.10. The van der Waals surface area contributed by atoms with Crippen LogP contribution in [0.3, 0.4) is 0 Å². The van der Waals surface area contributed by atoms with Crippen LogP contribution >= 0.6 is 0 Å². The average molecular weight is 215 g/mol. The number of benzene rings is 1. The molecule has 0 amide bonds. The van der Waals surface area contributed by atoms with Crippen molar-refractivity contribution in [1.82, 2.24) is 0 Å². The molecule has 1 atom stereocenters. The van der Waals surface area contributed by atoms with Crippen molar-refractivity contribution in [3.63, 3.8) is 0 Å². The first kappa shape index (κ1) is 11.2. The maximum atomic E-state index is 13.1. The highest BCUT2D eigenvalue weighted by molar-refractivity contribution is 5.77. The van der Waals surface area contributed by atoms with Crippen LogP contribution in [0.4, 0.5) is 8.78 Å². The van der Waals surface area contributed by atoms with Crippen molar-refractivity contribution < 1.29 is 18.3 Å². The van der Waals surface area contributed by atoms with Crippen molar-refractivity contribution in [2.24, 2.45) is 5.18 Å². The largest absolute Gasteiger partial charge is 0.467 e. The zero-order valence-electron chi connectivity index (χ0n) is 7.74. The Bertz CT molecular complexity index is 375. The summed E-state index contributed by atoms with van der Waals surface area (Å²) in [5, 5.41) is 2.35. The second-order valence-electron chi connectivity index (χ2n) is 2.67. The molecule has 0 saturated carbocycles. The zero-order valence-corrected chi connectivity index (χ0v) is 7.74. The molecule has 4 nitrogen and oxygen atoms in total. The molecule has 1 aromatic carbocycles. The monoisotopic (exact) mass is 215 g/mol. The number of esters is 1. The van der Waals surface area contributed by atoms with E-state index in [9.17, 15) is 18.5 Å². The Balaban J connectivity index is 3.23. The van der Waals surface area contributed by atoms with E-state index >= 15 is 0 Å². The summed E-state index contributed by atoms with van der Waals surface area (Å²) in [5.74, 6) is -3.12. The quantitative estimate of drug-likeness (QED) is 0.571. The summed E-state index contributed by atoms with van der Waals surface area (Å²) in [4.78, 5) is 21.3. The molecule has 1 aromatic rings. The van der Waals surface area contributed by atoms with Gasteiger partial charge in [-0.05, 0) is 17.3 Å². The maximum Gasteiger partial charge on any atom is 0.339 e. The molecule has 0 aliphatic rings. The van der Waals surface area contributed by atoms with E-state index in [0.717, 1.165) is 25.3 Å². The molecule has 0 aliphatic carbocycles. The summed E-state index contributed by atoms with van der Waals surface area (Å²) in [5.41, 5.74) is -0.695. The van der Waals surface area contributed by atoms with Crippen molar-refractivity contribution in [2.45, 2.75) is 6.04 Å². The summed E-state index contributed by atoms with van der Waals surface area (Å²) in [6.07, 6.45) is 0. The molecule has 0 N–H and O–H groups in total. The van der Waals surface area contributed by atoms with E-state index in [2.05, 4.69) is 9.91 Å². The first-order valence-corrected chi connectivity index (χ1v) is 3.96. The topological polar surface area (TPSA) is 55.7 Å². The van der Waals surface area contributed by atoms with Crippen LogP contribution < -0.4 is 0 Å². The summed E-state index contributed by atoms with van der Waals surface area (Å²) in [7, 11) is 0.999. The Labute approximate surface area is 83.8 Å². The molecule has 1 rings (SSSR count). The van der Waals surface area contributed by atoms with Crippen LogP contribution in [0.1, 0.15) is 11.6 Å². The van der Waals surface area contributed by atoms with Crippen LogP contribution in [0.5, 0.6) is 0 Å². The van der Waals surface area contributed by atoms with Gasteiger partial charge in [-0.15, -0.1) is 4.91 Å². The van der Waals surface area contributed by atoms with Gasteiger partial charge in [-0.2, -0.15) is 0 Å². The number of halogens is 2. The van der Waals surface area contributed by atoms with E-state index in [1.54, 1.807) is 0 Å². The molecule has 0 bridgehead atoms. The smallest absolute Gasteiger partial charge is 0.339 e. The third kappa shape index (κ3) is 2.15. The van der Waals surface area contributed by atoms with Gasteiger partial charge in [0, 0.05) is 0 Å². The average Bonchev–Trinajstić information content (AvgIpc) is 2.22. The third-order valence-electron chi connectivity index (χ3n) is 1.80. The Kier molecular flexibility index (Phi) is 3.43. The van der Waals surface area contributed by atoms with Crippen LogP contribution in [0.2, 0.25) is 0 Å². The molecule has 80 valence electrons. The molecular weight excluding hydrogens is 208 g/mol. The first-order valence-electron chi connectivity index (χ1n) is 3.96. The summed E-state index contributed by atoms with van der Waals surface area (Å²) >= 11 is 0. The standard InChI is InChI=1S/C9H7F2NO3/c1-15-9(13)8(12-14)7-5(10)3-2-4-6(7)11/h2-4,8H,1H3. The minimum absolute atomic E-state index is 0.695. The van der Waals surface area contributed by atoms with Gasteiger partial charge < -0.3 is 4.74 Å². The van der Waals surface area contributed by atoms with Gasteiger partial charge in [0.1, 0.15) is 11.6 Å². The number of carbonyl (C=O) groups is 1. The number of methoxy groups -OCH3 is 1. The predicted molar refractivity (Wildman–Crippen MR) is 46.9 cm³/mol. The highest BCUT2D eigenvalue weighted by atomic mass is 19.1. The highest BCUT2D eigenvalue weighted by Gasteiger charge is 2.28. The van der Waals surface area contributed by atoms with E-state index in [1.807, 2.05) is 0 Å². The van der Waals surface area contributed by atoms with E-state index in [0.29, 0.717) is 0 Å². The molecule has 0 radical (unpaired) electrons. The Morgan fingerprint density at radius 3 is 2.33 bits per heavy atom. The molecular formula is C9H7F2NO3. The molecule has 6 heteroatoms. The Morgan fingerprint density at radius 1 is 1.40 bits per heavy atom. The third-order valence-corrected chi connectivity index (χ3v) is 1.80.